The number of hydrogen-bond donors (Lipinski definition) is 0. The van der Waals surface area contributed by atoms with Gasteiger partial charge in [-0.1, -0.05) is 18.2 Å². The number of hydrogen-bond acceptors (Lipinski definition) is 1. The Labute approximate surface area is 80.0 Å². The van der Waals surface area contributed by atoms with E-state index in [0.29, 0.717) is 0 Å². The van der Waals surface area contributed by atoms with Gasteiger partial charge in [-0.2, -0.15) is 0 Å². The van der Waals surface area contributed by atoms with E-state index in [1.165, 1.54) is 30.6 Å². The molecule has 0 spiro atoms. The second kappa shape index (κ2) is 3.54. The first kappa shape index (κ1) is 8.81. The van der Waals surface area contributed by atoms with E-state index >= 15 is 0 Å². The number of pyridine rings is 1. The van der Waals surface area contributed by atoms with E-state index in [-0.39, 0.29) is 11.1 Å². The third-order valence-corrected chi connectivity index (χ3v) is 1.93. The van der Waals surface area contributed by atoms with Gasteiger partial charge in [-0.25, -0.2) is 8.78 Å². The van der Waals surface area contributed by atoms with Crippen LogP contribution >= 0.6 is 0 Å². The highest BCUT2D eigenvalue weighted by atomic mass is 19.1. The molecule has 0 atom stereocenters. The number of halogens is 2. The van der Waals surface area contributed by atoms with Gasteiger partial charge in [0.1, 0.15) is 11.6 Å². The molecule has 1 aromatic heterocycles. The molecule has 2 aromatic rings. The first-order chi connectivity index (χ1) is 6.79. The Morgan fingerprint density at radius 1 is 0.857 bits per heavy atom. The van der Waals surface area contributed by atoms with Crippen LogP contribution in [-0.4, -0.2) is 4.98 Å². The Kier molecular flexibility index (Phi) is 2.23. The molecule has 0 aliphatic carbocycles. The molecule has 3 heteroatoms. The molecule has 2 rings (SSSR count). The fraction of sp³-hybridized carbons (Fsp3) is 0. The van der Waals surface area contributed by atoms with Crippen molar-refractivity contribution < 1.29 is 8.78 Å². The lowest BCUT2D eigenvalue weighted by molar-refractivity contribution is 0.615. The highest BCUT2D eigenvalue weighted by Crippen LogP contribution is 2.23. The topological polar surface area (TPSA) is 12.9 Å². The molecule has 1 nitrogen and oxygen atoms in total. The van der Waals surface area contributed by atoms with Crippen LogP contribution < -0.4 is 0 Å². The molecule has 0 radical (unpaired) electrons. The quantitative estimate of drug-likeness (QED) is 0.675. The molecule has 14 heavy (non-hydrogen) atoms. The smallest absolute Gasteiger partial charge is 0.134 e. The van der Waals surface area contributed by atoms with Gasteiger partial charge >= 0.3 is 0 Å². The van der Waals surface area contributed by atoms with Crippen LogP contribution in [0.4, 0.5) is 8.78 Å². The molecule has 70 valence electrons. The van der Waals surface area contributed by atoms with Crippen molar-refractivity contribution in [3.8, 4) is 11.1 Å². The molecule has 0 amide bonds. The normalized spacial score (nSPS) is 10.1. The number of benzene rings is 1. The first-order valence-electron chi connectivity index (χ1n) is 4.13. The van der Waals surface area contributed by atoms with Gasteiger partial charge in [0.15, 0.2) is 0 Å². The zero-order valence-corrected chi connectivity index (χ0v) is 7.24. The molecule has 0 aliphatic heterocycles. The van der Waals surface area contributed by atoms with Crippen LogP contribution in [-0.2, 0) is 0 Å². The van der Waals surface area contributed by atoms with Gasteiger partial charge in [0.05, 0.1) is 0 Å². The predicted octanol–water partition coefficient (Wildman–Crippen LogP) is 3.03. The third kappa shape index (κ3) is 1.48. The van der Waals surface area contributed by atoms with Crippen molar-refractivity contribution in [2.75, 3.05) is 0 Å². The molecule has 1 aromatic carbocycles. The van der Waals surface area contributed by atoms with Gasteiger partial charge in [-0.05, 0) is 12.1 Å². The summed E-state index contributed by atoms with van der Waals surface area (Å²) < 4.78 is 26.5. The number of aromatic nitrogens is 1. The largest absolute Gasteiger partial charge is 0.264 e. The second-order valence-electron chi connectivity index (χ2n) is 2.84. The Hall–Kier alpha value is -1.77. The van der Waals surface area contributed by atoms with Gasteiger partial charge in [0.2, 0.25) is 0 Å². The summed E-state index contributed by atoms with van der Waals surface area (Å²) in [7, 11) is 0. The van der Waals surface area contributed by atoms with Crippen LogP contribution in [0.1, 0.15) is 0 Å². The van der Waals surface area contributed by atoms with Crippen LogP contribution in [0.5, 0.6) is 0 Å². The maximum Gasteiger partial charge on any atom is 0.134 e. The number of rotatable bonds is 1. The maximum atomic E-state index is 13.3. The van der Waals surface area contributed by atoms with Crippen molar-refractivity contribution >= 4 is 0 Å². The van der Waals surface area contributed by atoms with E-state index < -0.39 is 11.6 Å². The fourth-order valence-electron chi connectivity index (χ4n) is 1.26. The Bertz CT molecular complexity index is 411. The summed E-state index contributed by atoms with van der Waals surface area (Å²) >= 11 is 0. The molecule has 0 fully saturated rings. The second-order valence-corrected chi connectivity index (χ2v) is 2.84. The average Bonchev–Trinajstić information content (AvgIpc) is 2.20. The van der Waals surface area contributed by atoms with Gasteiger partial charge < -0.3 is 0 Å². The van der Waals surface area contributed by atoms with E-state index in [0.717, 1.165) is 0 Å². The van der Waals surface area contributed by atoms with Gasteiger partial charge in [-0.3, -0.25) is 4.98 Å². The average molecular weight is 191 g/mol. The Morgan fingerprint density at radius 2 is 1.57 bits per heavy atom. The Balaban J connectivity index is 2.61. The standard InChI is InChI=1S/C11H7F2N/c12-10-4-2-1-3-8(10)9-7-14-6-5-11(9)13/h1-7H. The molecule has 0 unspecified atom stereocenters. The van der Waals surface area contributed by atoms with E-state index in [9.17, 15) is 8.78 Å². The van der Waals surface area contributed by atoms with Crippen molar-refractivity contribution in [3.63, 3.8) is 0 Å². The minimum atomic E-state index is -0.467. The minimum absolute atomic E-state index is 0.186. The van der Waals surface area contributed by atoms with Crippen molar-refractivity contribution in [2.24, 2.45) is 0 Å². The van der Waals surface area contributed by atoms with Crippen LogP contribution in [0.2, 0.25) is 0 Å². The summed E-state index contributed by atoms with van der Waals surface area (Å²) in [5.41, 5.74) is 0.420. The third-order valence-electron chi connectivity index (χ3n) is 1.93. The van der Waals surface area contributed by atoms with Crippen LogP contribution in [0, 0.1) is 11.6 Å². The Morgan fingerprint density at radius 3 is 2.29 bits per heavy atom. The van der Waals surface area contributed by atoms with Gasteiger partial charge in [-0.15, -0.1) is 0 Å². The summed E-state index contributed by atoms with van der Waals surface area (Å²) in [6.07, 6.45) is 2.65. The molecule has 1 heterocycles. The summed E-state index contributed by atoms with van der Waals surface area (Å²) in [5.74, 6) is -0.912. The van der Waals surface area contributed by atoms with Crippen LogP contribution in [0.15, 0.2) is 42.7 Å². The lowest BCUT2D eigenvalue weighted by Crippen LogP contribution is -1.88. The summed E-state index contributed by atoms with van der Waals surface area (Å²) in [5, 5.41) is 0. The monoisotopic (exact) mass is 191 g/mol. The molecule has 0 N–H and O–H groups in total. The minimum Gasteiger partial charge on any atom is -0.264 e. The molecular weight excluding hydrogens is 184 g/mol. The highest BCUT2D eigenvalue weighted by molar-refractivity contribution is 5.63. The SMILES string of the molecule is Fc1ccccc1-c1cnccc1F. The maximum absolute atomic E-state index is 13.3. The highest BCUT2D eigenvalue weighted by Gasteiger charge is 2.08. The summed E-state index contributed by atoms with van der Waals surface area (Å²) in [6, 6.07) is 7.25. The fourth-order valence-corrected chi connectivity index (χ4v) is 1.26. The summed E-state index contributed by atoms with van der Waals surface area (Å²) in [4.78, 5) is 3.76. The van der Waals surface area contributed by atoms with E-state index in [1.807, 2.05) is 0 Å². The molecular formula is C11H7F2N. The van der Waals surface area contributed by atoms with Gasteiger partial charge in [0, 0.05) is 23.5 Å². The van der Waals surface area contributed by atoms with Crippen molar-refractivity contribution in [1.82, 2.24) is 4.98 Å². The zero-order chi connectivity index (χ0) is 9.97. The van der Waals surface area contributed by atoms with E-state index in [2.05, 4.69) is 4.98 Å². The van der Waals surface area contributed by atoms with Crippen LogP contribution in [0.3, 0.4) is 0 Å². The lowest BCUT2D eigenvalue weighted by Gasteiger charge is -2.02. The van der Waals surface area contributed by atoms with E-state index in [4.69, 9.17) is 0 Å². The summed E-state index contributed by atoms with van der Waals surface area (Å²) in [6.45, 7) is 0. The van der Waals surface area contributed by atoms with Crippen molar-refractivity contribution in [3.05, 3.63) is 54.4 Å². The predicted molar refractivity (Wildman–Crippen MR) is 49.6 cm³/mol. The number of nitrogens with zero attached hydrogens (tertiary/aromatic N) is 1. The molecule has 0 saturated heterocycles. The van der Waals surface area contributed by atoms with Crippen LogP contribution in [0.25, 0.3) is 11.1 Å². The van der Waals surface area contributed by atoms with E-state index in [1.54, 1.807) is 12.1 Å². The first-order valence-corrected chi connectivity index (χ1v) is 4.13. The van der Waals surface area contributed by atoms with Crippen molar-refractivity contribution in [2.45, 2.75) is 0 Å². The van der Waals surface area contributed by atoms with Crippen molar-refractivity contribution in [1.29, 1.82) is 0 Å². The lowest BCUT2D eigenvalue weighted by atomic mass is 10.1. The molecule has 0 saturated carbocycles. The molecule has 0 aliphatic rings. The zero-order valence-electron chi connectivity index (χ0n) is 7.24. The van der Waals surface area contributed by atoms with Gasteiger partial charge in [0.25, 0.3) is 0 Å². The molecule has 0 bridgehead atoms.